The Morgan fingerprint density at radius 2 is 0.423 bits per heavy atom. The Morgan fingerprint density at radius 1 is 0.256 bits per heavy atom. The van der Waals surface area contributed by atoms with E-state index in [-0.39, 0.29) is 0 Å². The number of carbonyl (C=O) groups is 2. The number of hydrogen-bond donors (Lipinski definition) is 2. The van der Waals surface area contributed by atoms with Gasteiger partial charge in [0.1, 0.15) is 0 Å². The summed E-state index contributed by atoms with van der Waals surface area (Å²) < 4.78 is 39.2. The van der Waals surface area contributed by atoms with Crippen molar-refractivity contribution in [3.05, 3.63) is 35.4 Å². The highest BCUT2D eigenvalue weighted by Gasteiger charge is 2.23. The van der Waals surface area contributed by atoms with E-state index in [2.05, 4.69) is 52.4 Å². The molecule has 10 nitrogen and oxygen atoms in total. The third-order valence-corrected chi connectivity index (χ3v) is 14.9. The predicted octanol–water partition coefficient (Wildman–Crippen LogP) is 20.5. The summed E-state index contributed by atoms with van der Waals surface area (Å²) in [7, 11) is 0. The molecular weight excluding hydrogens is 973 g/mol. The minimum Gasteiger partial charge on any atom is -0.490 e. The molecule has 78 heavy (non-hydrogen) atoms. The van der Waals surface area contributed by atoms with E-state index in [0.717, 1.165) is 77.0 Å². The van der Waals surface area contributed by atoms with Gasteiger partial charge in [0.2, 0.25) is 11.5 Å². The van der Waals surface area contributed by atoms with Crippen LogP contribution in [0.15, 0.2) is 24.3 Å². The topological polar surface area (TPSA) is 114 Å². The van der Waals surface area contributed by atoms with E-state index < -0.39 is 11.8 Å². The van der Waals surface area contributed by atoms with Gasteiger partial charge in [0.15, 0.2) is 23.0 Å². The third-order valence-electron chi connectivity index (χ3n) is 14.9. The van der Waals surface area contributed by atoms with E-state index in [4.69, 9.17) is 28.4 Å². The summed E-state index contributed by atoms with van der Waals surface area (Å²) in [5.74, 6) is 2.12. The van der Waals surface area contributed by atoms with Crippen LogP contribution < -0.4 is 39.3 Å². The van der Waals surface area contributed by atoms with Crippen molar-refractivity contribution >= 4 is 11.8 Å². The first-order valence-electron chi connectivity index (χ1n) is 33.2. The average Bonchev–Trinajstić information content (AvgIpc) is 3.53. The Morgan fingerprint density at radius 3 is 0.615 bits per heavy atom. The second-order valence-electron chi connectivity index (χ2n) is 22.3. The number of nitrogens with one attached hydrogen (secondary N) is 2. The van der Waals surface area contributed by atoms with Crippen LogP contribution in [-0.2, 0) is 0 Å². The highest BCUT2D eigenvalue weighted by atomic mass is 16.5. The van der Waals surface area contributed by atoms with Gasteiger partial charge in [-0.1, -0.05) is 273 Å². The van der Waals surface area contributed by atoms with Gasteiger partial charge >= 0.3 is 0 Å². The number of carbonyl (C=O) groups excluding carboxylic acids is 2. The molecule has 0 aromatic heterocycles. The van der Waals surface area contributed by atoms with Crippen LogP contribution in [0.1, 0.15) is 332 Å². The molecule has 10 heteroatoms. The van der Waals surface area contributed by atoms with Crippen molar-refractivity contribution in [1.29, 1.82) is 0 Å². The second kappa shape index (κ2) is 51.3. The maximum absolute atomic E-state index is 14.3. The Hall–Kier alpha value is -3.82. The Kier molecular flexibility index (Phi) is 46.3. The molecule has 2 rings (SSSR count). The fourth-order valence-corrected chi connectivity index (χ4v) is 9.82. The smallest absolute Gasteiger partial charge is 0.269 e. The van der Waals surface area contributed by atoms with Gasteiger partial charge in [-0.3, -0.25) is 20.4 Å². The van der Waals surface area contributed by atoms with Gasteiger partial charge in [0, 0.05) is 11.1 Å². The van der Waals surface area contributed by atoms with Crippen LogP contribution in [0, 0.1) is 0 Å². The Bertz CT molecular complexity index is 1510. The van der Waals surface area contributed by atoms with E-state index in [1.54, 1.807) is 24.3 Å². The third kappa shape index (κ3) is 35.7. The van der Waals surface area contributed by atoms with Gasteiger partial charge in [-0.2, -0.15) is 0 Å². The molecule has 0 saturated heterocycles. The lowest BCUT2D eigenvalue weighted by molar-refractivity contribution is 0.0845. The molecule has 0 unspecified atom stereocenters. The fraction of sp³-hybridized carbons (Fsp3) is 0.794. The minimum atomic E-state index is -0.482. The van der Waals surface area contributed by atoms with Crippen molar-refractivity contribution in [2.24, 2.45) is 0 Å². The van der Waals surface area contributed by atoms with Crippen LogP contribution in [-0.4, -0.2) is 51.5 Å². The van der Waals surface area contributed by atoms with E-state index in [1.807, 2.05) is 0 Å². The summed E-state index contributed by atoms with van der Waals surface area (Å²) in [6, 6.07) is 6.97. The highest BCUT2D eigenvalue weighted by Crippen LogP contribution is 2.41. The molecule has 0 radical (unpaired) electrons. The van der Waals surface area contributed by atoms with Gasteiger partial charge in [0.25, 0.3) is 11.8 Å². The number of amides is 2. The lowest BCUT2D eigenvalue weighted by Crippen LogP contribution is -2.41. The zero-order valence-electron chi connectivity index (χ0n) is 51.5. The van der Waals surface area contributed by atoms with Crippen LogP contribution in [0.5, 0.6) is 34.5 Å². The predicted molar refractivity (Wildman–Crippen MR) is 329 cm³/mol. The number of hydrazine groups is 1. The molecule has 0 aliphatic carbocycles. The SMILES string of the molecule is CCCCCCCCCOc1cc(C(=O)NNC(=O)c2cc(OCCCCCCCCC)c(OCCCCCCCCC)c(OCCCCCCCCC)c2)cc(OCCCCCCCCC)c1OCCCCCCCCC. The molecule has 450 valence electrons. The lowest BCUT2D eigenvalue weighted by Gasteiger charge is -2.20. The van der Waals surface area contributed by atoms with Crippen molar-refractivity contribution in [1.82, 2.24) is 10.9 Å². The molecule has 0 atom stereocenters. The zero-order chi connectivity index (χ0) is 56.2. The van der Waals surface area contributed by atoms with Crippen molar-refractivity contribution < 1.29 is 38.0 Å². The van der Waals surface area contributed by atoms with Crippen molar-refractivity contribution in [3.63, 3.8) is 0 Å². The molecule has 0 fully saturated rings. The second-order valence-corrected chi connectivity index (χ2v) is 22.3. The zero-order valence-corrected chi connectivity index (χ0v) is 51.5. The Balaban J connectivity index is 2.44. The van der Waals surface area contributed by atoms with Crippen LogP contribution >= 0.6 is 0 Å². The summed E-state index contributed by atoms with van der Waals surface area (Å²) in [5.41, 5.74) is 6.09. The van der Waals surface area contributed by atoms with Crippen LogP contribution in [0.25, 0.3) is 0 Å². The molecule has 2 amide bonds. The normalized spacial score (nSPS) is 11.2. The summed E-state index contributed by atoms with van der Waals surface area (Å²) in [5, 5.41) is 0. The molecule has 2 N–H and O–H groups in total. The molecule has 2 aromatic carbocycles. The molecule has 0 aliphatic rings. The number of rotatable bonds is 56. The van der Waals surface area contributed by atoms with Gasteiger partial charge < -0.3 is 28.4 Å². The van der Waals surface area contributed by atoms with Gasteiger partial charge in [-0.05, 0) is 62.8 Å². The molecule has 0 heterocycles. The van der Waals surface area contributed by atoms with Gasteiger partial charge in [0.05, 0.1) is 39.6 Å². The Labute approximate surface area is 479 Å². The number of hydrogen-bond acceptors (Lipinski definition) is 8. The maximum atomic E-state index is 14.3. The molecule has 0 spiro atoms. The quantitative estimate of drug-likeness (QED) is 0.0497. The summed E-state index contributed by atoms with van der Waals surface area (Å²) in [6.45, 7) is 16.6. The first kappa shape index (κ1) is 70.3. The standard InChI is InChI=1S/C68H120N2O8/c1-7-13-19-25-31-37-43-49-73-61-55-59(56-62(74-50-44-38-32-26-20-14-8-2)65(61)77-53-47-41-35-29-23-17-11-5)67(71)69-70-68(72)60-57-63(75-51-45-39-33-27-21-15-9-3)66(78-54-48-42-36-30-24-18-12-6)64(58-60)76-52-46-40-34-28-22-16-10-4/h55-58H,7-54H2,1-6H3,(H,69,71)(H,70,72). The fourth-order valence-electron chi connectivity index (χ4n) is 9.82. The van der Waals surface area contributed by atoms with Crippen LogP contribution in [0.2, 0.25) is 0 Å². The van der Waals surface area contributed by atoms with E-state index in [9.17, 15) is 9.59 Å². The monoisotopic (exact) mass is 1090 g/mol. The number of ether oxygens (including phenoxy) is 6. The van der Waals surface area contributed by atoms with Crippen LogP contribution in [0.4, 0.5) is 0 Å². The van der Waals surface area contributed by atoms with E-state index >= 15 is 0 Å². The van der Waals surface area contributed by atoms with Crippen molar-refractivity contribution in [2.45, 2.75) is 311 Å². The minimum absolute atomic E-state index is 0.314. The molecule has 2 aromatic rings. The average molecular weight is 1090 g/mol. The van der Waals surface area contributed by atoms with Crippen molar-refractivity contribution in [3.8, 4) is 34.5 Å². The van der Waals surface area contributed by atoms with E-state index in [0.29, 0.717) is 85.3 Å². The largest absolute Gasteiger partial charge is 0.490 e. The molecule has 0 aliphatic heterocycles. The lowest BCUT2D eigenvalue weighted by atomic mass is 10.1. The van der Waals surface area contributed by atoms with Crippen LogP contribution in [0.3, 0.4) is 0 Å². The molecular formula is C68H120N2O8. The van der Waals surface area contributed by atoms with Crippen molar-refractivity contribution in [2.75, 3.05) is 39.6 Å². The molecule has 0 saturated carbocycles. The first-order chi connectivity index (χ1) is 38.4. The summed E-state index contributed by atoms with van der Waals surface area (Å²) in [4.78, 5) is 28.5. The highest BCUT2D eigenvalue weighted by molar-refractivity contribution is 6.00. The summed E-state index contributed by atoms with van der Waals surface area (Å²) >= 11 is 0. The van der Waals surface area contributed by atoms with Gasteiger partial charge in [-0.15, -0.1) is 0 Å². The maximum Gasteiger partial charge on any atom is 0.269 e. The summed E-state index contributed by atoms with van der Waals surface area (Å²) in [6.07, 6.45) is 49.2. The number of unbranched alkanes of at least 4 members (excludes halogenated alkanes) is 36. The molecule has 0 bridgehead atoms. The first-order valence-corrected chi connectivity index (χ1v) is 33.2. The van der Waals surface area contributed by atoms with Gasteiger partial charge in [-0.25, -0.2) is 0 Å². The van der Waals surface area contributed by atoms with E-state index in [1.165, 1.54) is 193 Å². The number of benzene rings is 2.